The van der Waals surface area contributed by atoms with Gasteiger partial charge in [-0.25, -0.2) is 8.42 Å². The van der Waals surface area contributed by atoms with Crippen LogP contribution in [-0.2, 0) is 16.3 Å². The highest BCUT2D eigenvalue weighted by Gasteiger charge is 2.35. The van der Waals surface area contributed by atoms with Crippen LogP contribution in [0.3, 0.4) is 0 Å². The van der Waals surface area contributed by atoms with Gasteiger partial charge in [-0.2, -0.15) is 0 Å². The minimum absolute atomic E-state index is 0.0551. The smallest absolute Gasteiger partial charge is 0.154 e. The van der Waals surface area contributed by atoms with Gasteiger partial charge in [0.05, 0.1) is 17.6 Å². The number of rotatable bonds is 5. The molecule has 0 bridgehead atoms. The van der Waals surface area contributed by atoms with Crippen LogP contribution in [0.25, 0.3) is 0 Å². The number of aliphatic hydroxyl groups is 1. The summed E-state index contributed by atoms with van der Waals surface area (Å²) < 4.78 is 22.6. The Hall–Kier alpha value is -0.910. The fraction of sp³-hybridized carbons (Fsp3) is 0.538. The lowest BCUT2D eigenvalue weighted by molar-refractivity contribution is 0.166. The Morgan fingerprint density at radius 2 is 1.94 bits per heavy atom. The molecule has 2 N–H and O–H groups in total. The molecule has 100 valence electrons. The van der Waals surface area contributed by atoms with Gasteiger partial charge in [-0.15, -0.1) is 0 Å². The van der Waals surface area contributed by atoms with Gasteiger partial charge in [-0.3, -0.25) is 0 Å². The third kappa shape index (κ3) is 3.80. The van der Waals surface area contributed by atoms with Gasteiger partial charge in [-0.1, -0.05) is 30.3 Å². The lowest BCUT2D eigenvalue weighted by atomic mass is 10.1. The Balaban J connectivity index is 1.70. The van der Waals surface area contributed by atoms with E-state index in [1.807, 2.05) is 18.2 Å². The molecule has 1 fully saturated rings. The summed E-state index contributed by atoms with van der Waals surface area (Å²) in [6.45, 7) is 0.728. The SMILES string of the molecule is O=S1(=O)C[C@H](NCCCc2ccccc2)[C@@H](O)C1. The van der Waals surface area contributed by atoms with Crippen molar-refractivity contribution in [3.8, 4) is 0 Å². The lowest BCUT2D eigenvalue weighted by Crippen LogP contribution is -2.39. The van der Waals surface area contributed by atoms with Crippen molar-refractivity contribution in [2.75, 3.05) is 18.1 Å². The molecule has 0 aromatic heterocycles. The Morgan fingerprint density at radius 3 is 2.56 bits per heavy atom. The van der Waals surface area contributed by atoms with Crippen LogP contribution in [0.1, 0.15) is 12.0 Å². The maximum atomic E-state index is 11.3. The van der Waals surface area contributed by atoms with Crippen molar-refractivity contribution in [1.82, 2.24) is 5.32 Å². The minimum atomic E-state index is -3.05. The van der Waals surface area contributed by atoms with Crippen LogP contribution in [0.2, 0.25) is 0 Å². The first-order valence-corrected chi connectivity index (χ1v) is 8.05. The van der Waals surface area contributed by atoms with E-state index in [4.69, 9.17) is 0 Å². The maximum Gasteiger partial charge on any atom is 0.154 e. The van der Waals surface area contributed by atoms with Crippen molar-refractivity contribution >= 4 is 9.84 Å². The second kappa shape index (κ2) is 5.82. The largest absolute Gasteiger partial charge is 0.390 e. The summed E-state index contributed by atoms with van der Waals surface area (Å²) in [4.78, 5) is 0. The summed E-state index contributed by atoms with van der Waals surface area (Å²) in [6, 6.07) is 9.86. The molecule has 1 aliphatic rings. The van der Waals surface area contributed by atoms with E-state index < -0.39 is 15.9 Å². The molecule has 1 saturated heterocycles. The minimum Gasteiger partial charge on any atom is -0.390 e. The summed E-state index contributed by atoms with van der Waals surface area (Å²) in [6.07, 6.45) is 1.14. The average Bonchev–Trinajstić information content (AvgIpc) is 2.59. The molecule has 2 atom stereocenters. The monoisotopic (exact) mass is 269 g/mol. The van der Waals surface area contributed by atoms with Gasteiger partial charge in [0.2, 0.25) is 0 Å². The summed E-state index contributed by atoms with van der Waals surface area (Å²) >= 11 is 0. The summed E-state index contributed by atoms with van der Waals surface area (Å²) in [5.74, 6) is -0.0527. The van der Waals surface area contributed by atoms with E-state index in [0.717, 1.165) is 19.4 Å². The fourth-order valence-electron chi connectivity index (χ4n) is 2.25. The topological polar surface area (TPSA) is 66.4 Å². The second-order valence-electron chi connectivity index (χ2n) is 4.79. The molecule has 0 radical (unpaired) electrons. The summed E-state index contributed by atoms with van der Waals surface area (Å²) in [5.41, 5.74) is 1.28. The molecule has 1 aliphatic heterocycles. The fourth-order valence-corrected chi connectivity index (χ4v) is 4.02. The number of nitrogens with one attached hydrogen (secondary N) is 1. The third-order valence-corrected chi connectivity index (χ3v) is 4.93. The maximum absolute atomic E-state index is 11.3. The zero-order valence-electron chi connectivity index (χ0n) is 10.2. The molecule has 4 nitrogen and oxygen atoms in total. The molecule has 0 amide bonds. The third-order valence-electron chi connectivity index (χ3n) is 3.21. The van der Waals surface area contributed by atoms with E-state index in [2.05, 4.69) is 17.4 Å². The normalized spacial score (nSPS) is 26.3. The molecule has 0 spiro atoms. The Morgan fingerprint density at radius 1 is 1.22 bits per heavy atom. The van der Waals surface area contributed by atoms with Crippen molar-refractivity contribution in [2.24, 2.45) is 0 Å². The van der Waals surface area contributed by atoms with Crippen molar-refractivity contribution < 1.29 is 13.5 Å². The highest BCUT2D eigenvalue weighted by molar-refractivity contribution is 7.91. The zero-order valence-corrected chi connectivity index (χ0v) is 11.1. The lowest BCUT2D eigenvalue weighted by Gasteiger charge is -2.14. The zero-order chi connectivity index (χ0) is 13.0. The first kappa shape index (κ1) is 13.5. The number of aliphatic hydroxyl groups excluding tert-OH is 1. The van der Waals surface area contributed by atoms with Crippen molar-refractivity contribution in [3.05, 3.63) is 35.9 Å². The molecule has 5 heteroatoms. The van der Waals surface area contributed by atoms with E-state index in [0.29, 0.717) is 0 Å². The molecule has 0 saturated carbocycles. The number of aryl methyl sites for hydroxylation is 1. The summed E-state index contributed by atoms with van der Waals surface area (Å²) in [5, 5.41) is 12.7. The van der Waals surface area contributed by atoms with Crippen LogP contribution in [0.15, 0.2) is 30.3 Å². The van der Waals surface area contributed by atoms with Gasteiger partial charge < -0.3 is 10.4 Å². The van der Waals surface area contributed by atoms with E-state index in [9.17, 15) is 13.5 Å². The molecule has 1 aromatic carbocycles. The molecular weight excluding hydrogens is 250 g/mol. The number of hydrogen-bond donors (Lipinski definition) is 2. The van der Waals surface area contributed by atoms with Crippen molar-refractivity contribution in [3.63, 3.8) is 0 Å². The van der Waals surface area contributed by atoms with E-state index >= 15 is 0 Å². The number of hydrogen-bond acceptors (Lipinski definition) is 4. The second-order valence-corrected chi connectivity index (χ2v) is 6.95. The Bertz CT molecular complexity index is 472. The van der Waals surface area contributed by atoms with Gasteiger partial charge >= 0.3 is 0 Å². The molecule has 0 aliphatic carbocycles. The average molecular weight is 269 g/mol. The Kier molecular flexibility index (Phi) is 4.37. The predicted octanol–water partition coefficient (Wildman–Crippen LogP) is 0.367. The standard InChI is InChI=1S/C13H19NO3S/c15-13-10-18(16,17)9-12(13)14-8-4-7-11-5-2-1-3-6-11/h1-3,5-6,12-15H,4,7-10H2/t12-,13-/m0/s1. The first-order chi connectivity index (χ1) is 8.57. The highest BCUT2D eigenvalue weighted by Crippen LogP contribution is 2.12. The Labute approximate surface area is 108 Å². The van der Waals surface area contributed by atoms with Crippen molar-refractivity contribution in [2.45, 2.75) is 25.0 Å². The van der Waals surface area contributed by atoms with Gasteiger partial charge in [0.15, 0.2) is 9.84 Å². The predicted molar refractivity (Wildman–Crippen MR) is 71.2 cm³/mol. The molecule has 1 heterocycles. The van der Waals surface area contributed by atoms with E-state index in [1.165, 1.54) is 5.56 Å². The van der Waals surface area contributed by atoms with E-state index in [1.54, 1.807) is 0 Å². The van der Waals surface area contributed by atoms with Gasteiger partial charge in [0.25, 0.3) is 0 Å². The molecular formula is C13H19NO3S. The molecule has 0 unspecified atom stereocenters. The van der Waals surface area contributed by atoms with Crippen LogP contribution in [-0.4, -0.2) is 43.7 Å². The van der Waals surface area contributed by atoms with Crippen LogP contribution >= 0.6 is 0 Å². The quantitative estimate of drug-likeness (QED) is 0.758. The molecule has 2 rings (SSSR count). The summed E-state index contributed by atoms with van der Waals surface area (Å²) in [7, 11) is -3.05. The van der Waals surface area contributed by atoms with Crippen LogP contribution < -0.4 is 5.32 Å². The van der Waals surface area contributed by atoms with Crippen LogP contribution in [0.5, 0.6) is 0 Å². The van der Waals surface area contributed by atoms with Gasteiger partial charge in [0.1, 0.15) is 0 Å². The highest BCUT2D eigenvalue weighted by atomic mass is 32.2. The van der Waals surface area contributed by atoms with E-state index in [-0.39, 0.29) is 17.5 Å². The molecule has 18 heavy (non-hydrogen) atoms. The van der Waals surface area contributed by atoms with Gasteiger partial charge in [0, 0.05) is 6.04 Å². The number of benzene rings is 1. The number of sulfone groups is 1. The van der Waals surface area contributed by atoms with Gasteiger partial charge in [-0.05, 0) is 24.9 Å². The molecule has 1 aromatic rings. The van der Waals surface area contributed by atoms with Crippen molar-refractivity contribution in [1.29, 1.82) is 0 Å². The van der Waals surface area contributed by atoms with Crippen LogP contribution in [0.4, 0.5) is 0 Å². The van der Waals surface area contributed by atoms with Crippen LogP contribution in [0, 0.1) is 0 Å². The first-order valence-electron chi connectivity index (χ1n) is 6.23.